The van der Waals surface area contributed by atoms with E-state index in [-0.39, 0.29) is 0 Å². The van der Waals surface area contributed by atoms with Crippen LogP contribution in [0.3, 0.4) is 0 Å². The van der Waals surface area contributed by atoms with Crippen molar-refractivity contribution in [2.45, 2.75) is 53.1 Å². The van der Waals surface area contributed by atoms with Crippen LogP contribution in [0.25, 0.3) is 0 Å². The smallest absolute Gasteiger partial charge is 0.142 e. The fourth-order valence-electron chi connectivity index (χ4n) is 1.81. The molecule has 1 unspecified atom stereocenters. The minimum absolute atomic E-state index is 0.477. The Balaban J connectivity index is 2.53. The molecule has 0 aromatic carbocycles. The lowest BCUT2D eigenvalue weighted by Crippen LogP contribution is -2.22. The van der Waals surface area contributed by atoms with Gasteiger partial charge in [-0.25, -0.2) is 0 Å². The summed E-state index contributed by atoms with van der Waals surface area (Å²) < 4.78 is 5.88. The van der Waals surface area contributed by atoms with E-state index in [1.54, 1.807) is 0 Å². The number of pyridine rings is 1. The maximum Gasteiger partial charge on any atom is 0.142 e. The summed E-state index contributed by atoms with van der Waals surface area (Å²) >= 11 is 0. The molecule has 0 aliphatic carbocycles. The van der Waals surface area contributed by atoms with E-state index < -0.39 is 0 Å². The van der Waals surface area contributed by atoms with E-state index in [9.17, 15) is 0 Å². The van der Waals surface area contributed by atoms with Crippen LogP contribution in [-0.2, 0) is 6.54 Å². The van der Waals surface area contributed by atoms with Gasteiger partial charge in [-0.05, 0) is 18.4 Å². The molecule has 1 aromatic rings. The molecule has 0 aliphatic rings. The van der Waals surface area contributed by atoms with E-state index in [4.69, 9.17) is 4.74 Å². The second-order valence-electron chi connectivity index (χ2n) is 5.22. The highest BCUT2D eigenvalue weighted by atomic mass is 16.5. The van der Waals surface area contributed by atoms with Crippen molar-refractivity contribution < 1.29 is 4.74 Å². The Kier molecular flexibility index (Phi) is 6.73. The van der Waals surface area contributed by atoms with Gasteiger partial charge in [0.1, 0.15) is 5.75 Å². The highest BCUT2D eigenvalue weighted by Gasteiger charge is 2.07. The molecule has 1 rings (SSSR count). The van der Waals surface area contributed by atoms with Crippen molar-refractivity contribution in [2.24, 2.45) is 5.92 Å². The molecule has 3 heteroatoms. The minimum atomic E-state index is 0.477. The third kappa shape index (κ3) is 5.50. The lowest BCUT2D eigenvalue weighted by atomic mass is 10.1. The third-order valence-corrected chi connectivity index (χ3v) is 2.88. The van der Waals surface area contributed by atoms with Crippen molar-refractivity contribution in [3.63, 3.8) is 0 Å². The van der Waals surface area contributed by atoms with Gasteiger partial charge in [-0.2, -0.15) is 0 Å². The average molecular weight is 250 g/mol. The number of rotatable bonds is 8. The van der Waals surface area contributed by atoms with E-state index in [1.165, 1.54) is 18.4 Å². The molecule has 102 valence electrons. The van der Waals surface area contributed by atoms with Crippen LogP contribution < -0.4 is 10.1 Å². The zero-order chi connectivity index (χ0) is 13.4. The Morgan fingerprint density at radius 3 is 2.78 bits per heavy atom. The van der Waals surface area contributed by atoms with Crippen LogP contribution in [0.15, 0.2) is 18.5 Å². The first-order chi connectivity index (χ1) is 8.63. The summed E-state index contributed by atoms with van der Waals surface area (Å²) in [6, 6.07) is 2.50. The van der Waals surface area contributed by atoms with E-state index in [1.807, 2.05) is 18.5 Å². The van der Waals surface area contributed by atoms with Crippen LogP contribution in [0.2, 0.25) is 0 Å². The maximum absolute atomic E-state index is 5.88. The van der Waals surface area contributed by atoms with Gasteiger partial charge < -0.3 is 10.1 Å². The zero-order valence-electron chi connectivity index (χ0n) is 12.1. The molecule has 0 saturated heterocycles. The SMILES string of the molecule is CCCC(C)COc1cnccc1CNC(C)C. The Hall–Kier alpha value is -1.09. The predicted octanol–water partition coefficient (Wildman–Crippen LogP) is 3.39. The molecule has 0 bridgehead atoms. The van der Waals surface area contributed by atoms with Crippen LogP contribution in [0.5, 0.6) is 5.75 Å². The fraction of sp³-hybridized carbons (Fsp3) is 0.667. The largest absolute Gasteiger partial charge is 0.491 e. The number of hydrogen-bond donors (Lipinski definition) is 1. The van der Waals surface area contributed by atoms with Gasteiger partial charge >= 0.3 is 0 Å². The van der Waals surface area contributed by atoms with Crippen molar-refractivity contribution in [3.05, 3.63) is 24.0 Å². The van der Waals surface area contributed by atoms with Crippen LogP contribution in [0, 0.1) is 5.92 Å². The lowest BCUT2D eigenvalue weighted by Gasteiger charge is -2.15. The summed E-state index contributed by atoms with van der Waals surface area (Å²) in [5.74, 6) is 1.51. The summed E-state index contributed by atoms with van der Waals surface area (Å²) in [4.78, 5) is 4.14. The second-order valence-corrected chi connectivity index (χ2v) is 5.22. The normalized spacial score (nSPS) is 12.7. The van der Waals surface area contributed by atoms with E-state index in [0.29, 0.717) is 12.0 Å². The number of nitrogens with zero attached hydrogens (tertiary/aromatic N) is 1. The van der Waals surface area contributed by atoms with Crippen molar-refractivity contribution in [2.75, 3.05) is 6.61 Å². The van der Waals surface area contributed by atoms with Crippen molar-refractivity contribution in [3.8, 4) is 5.75 Å². The van der Waals surface area contributed by atoms with E-state index in [0.717, 1.165) is 18.9 Å². The fourth-order valence-corrected chi connectivity index (χ4v) is 1.81. The van der Waals surface area contributed by atoms with Gasteiger partial charge in [0.25, 0.3) is 0 Å². The molecule has 1 heterocycles. The topological polar surface area (TPSA) is 34.1 Å². The minimum Gasteiger partial charge on any atom is -0.491 e. The molecular weight excluding hydrogens is 224 g/mol. The number of hydrogen-bond acceptors (Lipinski definition) is 3. The lowest BCUT2D eigenvalue weighted by molar-refractivity contribution is 0.248. The van der Waals surface area contributed by atoms with Crippen LogP contribution in [0.4, 0.5) is 0 Å². The molecule has 0 amide bonds. The van der Waals surface area contributed by atoms with Crippen LogP contribution in [-0.4, -0.2) is 17.6 Å². The predicted molar refractivity (Wildman–Crippen MR) is 75.8 cm³/mol. The molecule has 3 nitrogen and oxygen atoms in total. The quantitative estimate of drug-likeness (QED) is 0.768. The van der Waals surface area contributed by atoms with Crippen LogP contribution in [0.1, 0.15) is 46.1 Å². The molecule has 1 N–H and O–H groups in total. The first-order valence-electron chi connectivity index (χ1n) is 6.92. The van der Waals surface area contributed by atoms with Crippen molar-refractivity contribution >= 4 is 0 Å². The zero-order valence-corrected chi connectivity index (χ0v) is 12.1. The standard InChI is InChI=1S/C15H26N2O/c1-5-6-13(4)11-18-15-10-16-8-7-14(15)9-17-12(2)3/h7-8,10,12-13,17H,5-6,9,11H2,1-4H3. The molecule has 0 radical (unpaired) electrons. The van der Waals surface area contributed by atoms with Crippen molar-refractivity contribution in [1.82, 2.24) is 10.3 Å². The molecule has 0 fully saturated rings. The van der Waals surface area contributed by atoms with Gasteiger partial charge in [0, 0.05) is 24.3 Å². The molecule has 1 atom stereocenters. The van der Waals surface area contributed by atoms with Crippen LogP contribution >= 0.6 is 0 Å². The first-order valence-corrected chi connectivity index (χ1v) is 6.92. The summed E-state index contributed by atoms with van der Waals surface area (Å²) in [5, 5.41) is 3.41. The van der Waals surface area contributed by atoms with E-state index >= 15 is 0 Å². The van der Waals surface area contributed by atoms with E-state index in [2.05, 4.69) is 38.0 Å². The van der Waals surface area contributed by atoms with Gasteiger partial charge in [0.15, 0.2) is 0 Å². The Labute approximate surface area is 111 Å². The summed E-state index contributed by atoms with van der Waals surface area (Å²) in [6.45, 7) is 10.3. The Morgan fingerprint density at radius 2 is 2.11 bits per heavy atom. The van der Waals surface area contributed by atoms with Gasteiger partial charge in [-0.15, -0.1) is 0 Å². The summed E-state index contributed by atoms with van der Waals surface area (Å²) in [7, 11) is 0. The maximum atomic E-state index is 5.88. The number of ether oxygens (including phenoxy) is 1. The molecular formula is C15H26N2O. The monoisotopic (exact) mass is 250 g/mol. The average Bonchev–Trinajstić information content (AvgIpc) is 2.35. The Morgan fingerprint density at radius 1 is 1.33 bits per heavy atom. The molecule has 0 aliphatic heterocycles. The summed E-state index contributed by atoms with van der Waals surface area (Å²) in [6.07, 6.45) is 6.05. The highest BCUT2D eigenvalue weighted by molar-refractivity contribution is 5.29. The van der Waals surface area contributed by atoms with Gasteiger partial charge in [0.05, 0.1) is 12.8 Å². The van der Waals surface area contributed by atoms with Crippen molar-refractivity contribution in [1.29, 1.82) is 0 Å². The van der Waals surface area contributed by atoms with Gasteiger partial charge in [-0.1, -0.05) is 34.1 Å². The molecule has 0 saturated carbocycles. The second kappa shape index (κ2) is 8.09. The molecule has 1 aromatic heterocycles. The van der Waals surface area contributed by atoms with Gasteiger partial charge in [0.2, 0.25) is 0 Å². The Bertz CT molecular complexity index is 339. The summed E-state index contributed by atoms with van der Waals surface area (Å²) in [5.41, 5.74) is 1.18. The number of aromatic nitrogens is 1. The number of nitrogens with one attached hydrogen (secondary N) is 1. The first kappa shape index (κ1) is 15.0. The van der Waals surface area contributed by atoms with Gasteiger partial charge in [-0.3, -0.25) is 4.98 Å². The highest BCUT2D eigenvalue weighted by Crippen LogP contribution is 2.18. The molecule has 18 heavy (non-hydrogen) atoms. The third-order valence-electron chi connectivity index (χ3n) is 2.88. The molecule has 0 spiro atoms.